The maximum Gasteiger partial charge on any atom is 0.267 e. The Morgan fingerprint density at radius 2 is 1.86 bits per heavy atom. The van der Waals surface area contributed by atoms with Gasteiger partial charge in [0.15, 0.2) is 0 Å². The monoisotopic (exact) mass is 323 g/mol. The van der Waals surface area contributed by atoms with Crippen LogP contribution >= 0.6 is 0 Å². The van der Waals surface area contributed by atoms with Crippen LogP contribution in [0.1, 0.15) is 17.5 Å². The number of hydrogen-bond donors (Lipinski definition) is 0. The van der Waals surface area contributed by atoms with Gasteiger partial charge < -0.3 is 0 Å². The van der Waals surface area contributed by atoms with Gasteiger partial charge in [-0.2, -0.15) is 0 Å². The zero-order valence-corrected chi connectivity index (χ0v) is 12.8. The molecule has 3 rings (SSSR count). The zero-order chi connectivity index (χ0) is 15.9. The van der Waals surface area contributed by atoms with Gasteiger partial charge in [0.05, 0.1) is 5.69 Å². The summed E-state index contributed by atoms with van der Waals surface area (Å²) in [5.41, 5.74) is 2.49. The highest BCUT2D eigenvalue weighted by Gasteiger charge is 2.31. The SMILES string of the molecule is Cc1ccc2c(c1)CCCN2S(=O)(=O)c1cc(F)ccc1F. The first-order valence-electron chi connectivity index (χ1n) is 6.97. The molecule has 0 aliphatic carbocycles. The lowest BCUT2D eigenvalue weighted by atomic mass is 10.0. The molecule has 0 amide bonds. The highest BCUT2D eigenvalue weighted by Crippen LogP contribution is 2.33. The Kier molecular flexibility index (Phi) is 3.64. The van der Waals surface area contributed by atoms with Crippen LogP contribution in [-0.2, 0) is 16.4 Å². The van der Waals surface area contributed by atoms with E-state index < -0.39 is 26.6 Å². The van der Waals surface area contributed by atoms with E-state index in [0.29, 0.717) is 12.1 Å². The van der Waals surface area contributed by atoms with Crippen LogP contribution in [0.3, 0.4) is 0 Å². The van der Waals surface area contributed by atoms with Crippen LogP contribution in [0.4, 0.5) is 14.5 Å². The summed E-state index contributed by atoms with van der Waals surface area (Å²) < 4.78 is 53.9. The summed E-state index contributed by atoms with van der Waals surface area (Å²) in [6, 6.07) is 7.93. The second-order valence-corrected chi connectivity index (χ2v) is 7.22. The number of sulfonamides is 1. The van der Waals surface area contributed by atoms with Gasteiger partial charge in [0, 0.05) is 6.54 Å². The molecule has 1 aliphatic heterocycles. The maximum atomic E-state index is 13.9. The van der Waals surface area contributed by atoms with Crippen molar-refractivity contribution < 1.29 is 17.2 Å². The summed E-state index contributed by atoms with van der Waals surface area (Å²) in [7, 11) is -4.12. The number of halogens is 2. The first-order chi connectivity index (χ1) is 10.4. The molecule has 22 heavy (non-hydrogen) atoms. The van der Waals surface area contributed by atoms with E-state index in [2.05, 4.69) is 0 Å². The highest BCUT2D eigenvalue weighted by atomic mass is 32.2. The summed E-state index contributed by atoms with van der Waals surface area (Å²) in [4.78, 5) is -0.624. The number of nitrogens with zero attached hydrogens (tertiary/aromatic N) is 1. The van der Waals surface area contributed by atoms with Gasteiger partial charge in [-0.05, 0) is 49.6 Å². The van der Waals surface area contributed by atoms with Crippen molar-refractivity contribution in [2.24, 2.45) is 0 Å². The van der Waals surface area contributed by atoms with Crippen molar-refractivity contribution >= 4 is 15.7 Å². The van der Waals surface area contributed by atoms with E-state index in [-0.39, 0.29) is 6.54 Å². The molecule has 1 heterocycles. The van der Waals surface area contributed by atoms with E-state index in [1.807, 2.05) is 19.1 Å². The van der Waals surface area contributed by atoms with Crippen LogP contribution in [0, 0.1) is 18.6 Å². The average molecular weight is 323 g/mol. The smallest absolute Gasteiger partial charge is 0.266 e. The van der Waals surface area contributed by atoms with Gasteiger partial charge in [-0.15, -0.1) is 0 Å². The van der Waals surface area contributed by atoms with Gasteiger partial charge in [-0.1, -0.05) is 17.7 Å². The van der Waals surface area contributed by atoms with Crippen molar-refractivity contribution in [3.05, 3.63) is 59.2 Å². The third kappa shape index (κ3) is 2.47. The Morgan fingerprint density at radius 1 is 1.09 bits per heavy atom. The molecule has 6 heteroatoms. The Morgan fingerprint density at radius 3 is 2.64 bits per heavy atom. The van der Waals surface area contributed by atoms with Gasteiger partial charge in [0.25, 0.3) is 10.0 Å². The molecule has 1 aliphatic rings. The summed E-state index contributed by atoms with van der Waals surface area (Å²) in [6.07, 6.45) is 1.42. The standard InChI is InChI=1S/C16H15F2NO2S/c1-11-4-7-15-12(9-11)3-2-8-19(15)22(20,21)16-10-13(17)5-6-14(16)18/h4-7,9-10H,2-3,8H2,1H3. The maximum absolute atomic E-state index is 13.9. The molecule has 116 valence electrons. The molecule has 0 atom stereocenters. The molecule has 2 aromatic rings. The molecular weight excluding hydrogens is 308 g/mol. The lowest BCUT2D eigenvalue weighted by Gasteiger charge is -2.30. The molecule has 0 saturated carbocycles. The average Bonchev–Trinajstić information content (AvgIpc) is 2.48. The number of hydrogen-bond acceptors (Lipinski definition) is 2. The number of fused-ring (bicyclic) bond motifs is 1. The van der Waals surface area contributed by atoms with Crippen molar-refractivity contribution in [2.45, 2.75) is 24.7 Å². The van der Waals surface area contributed by atoms with E-state index in [9.17, 15) is 17.2 Å². The van der Waals surface area contributed by atoms with Crippen molar-refractivity contribution in [1.82, 2.24) is 0 Å². The Balaban J connectivity index is 2.14. The molecule has 0 radical (unpaired) electrons. The van der Waals surface area contributed by atoms with E-state index in [1.165, 1.54) is 4.31 Å². The first kappa shape index (κ1) is 15.0. The van der Waals surface area contributed by atoms with Crippen LogP contribution in [0.5, 0.6) is 0 Å². The molecule has 0 saturated heterocycles. The molecule has 0 bridgehead atoms. The molecule has 2 aromatic carbocycles. The molecule has 0 aromatic heterocycles. The van der Waals surface area contributed by atoms with Gasteiger partial charge in [0.2, 0.25) is 0 Å². The van der Waals surface area contributed by atoms with E-state index >= 15 is 0 Å². The Labute approximate surface area is 128 Å². The first-order valence-corrected chi connectivity index (χ1v) is 8.41. The van der Waals surface area contributed by atoms with Crippen molar-refractivity contribution in [3.63, 3.8) is 0 Å². The van der Waals surface area contributed by atoms with Crippen LogP contribution in [0.15, 0.2) is 41.3 Å². The Hall–Kier alpha value is -1.95. The quantitative estimate of drug-likeness (QED) is 0.849. The summed E-state index contributed by atoms with van der Waals surface area (Å²) in [5.74, 6) is -1.72. The number of benzene rings is 2. The fourth-order valence-electron chi connectivity index (χ4n) is 2.73. The molecule has 0 N–H and O–H groups in total. The second kappa shape index (κ2) is 5.35. The third-order valence-electron chi connectivity index (χ3n) is 3.77. The minimum absolute atomic E-state index is 0.258. The minimum Gasteiger partial charge on any atom is -0.266 e. The molecule has 0 spiro atoms. The lowest BCUT2D eigenvalue weighted by molar-refractivity contribution is 0.549. The predicted octanol–water partition coefficient (Wildman–Crippen LogP) is 3.41. The van der Waals surface area contributed by atoms with E-state index in [0.717, 1.165) is 35.7 Å². The van der Waals surface area contributed by atoms with Gasteiger partial charge in [-0.3, -0.25) is 4.31 Å². The van der Waals surface area contributed by atoms with Crippen LogP contribution in [-0.4, -0.2) is 15.0 Å². The molecule has 3 nitrogen and oxygen atoms in total. The fraction of sp³-hybridized carbons (Fsp3) is 0.250. The third-order valence-corrected chi connectivity index (χ3v) is 5.60. The van der Waals surface area contributed by atoms with Gasteiger partial charge in [-0.25, -0.2) is 17.2 Å². The topological polar surface area (TPSA) is 37.4 Å². The van der Waals surface area contributed by atoms with Crippen LogP contribution in [0.2, 0.25) is 0 Å². The number of rotatable bonds is 2. The van der Waals surface area contributed by atoms with Gasteiger partial charge >= 0.3 is 0 Å². The number of aryl methyl sites for hydroxylation is 2. The number of anilines is 1. The summed E-state index contributed by atoms with van der Waals surface area (Å²) in [5, 5.41) is 0. The molecule has 0 fully saturated rings. The van der Waals surface area contributed by atoms with Crippen LogP contribution in [0.25, 0.3) is 0 Å². The summed E-state index contributed by atoms with van der Waals surface area (Å²) >= 11 is 0. The lowest BCUT2D eigenvalue weighted by Crippen LogP contribution is -2.36. The molecular formula is C16H15F2NO2S. The molecule has 0 unspecified atom stereocenters. The van der Waals surface area contributed by atoms with E-state index in [1.54, 1.807) is 6.07 Å². The fourth-order valence-corrected chi connectivity index (χ4v) is 4.35. The largest absolute Gasteiger partial charge is 0.267 e. The Bertz CT molecular complexity index is 834. The predicted molar refractivity (Wildman–Crippen MR) is 80.4 cm³/mol. The van der Waals surface area contributed by atoms with Gasteiger partial charge in [0.1, 0.15) is 16.5 Å². The zero-order valence-electron chi connectivity index (χ0n) is 12.0. The highest BCUT2D eigenvalue weighted by molar-refractivity contribution is 7.92. The van der Waals surface area contributed by atoms with E-state index in [4.69, 9.17) is 0 Å². The van der Waals surface area contributed by atoms with Crippen molar-refractivity contribution in [2.75, 3.05) is 10.8 Å². The van der Waals surface area contributed by atoms with Crippen LogP contribution < -0.4 is 4.31 Å². The van der Waals surface area contributed by atoms with Crippen molar-refractivity contribution in [3.8, 4) is 0 Å². The van der Waals surface area contributed by atoms with Crippen molar-refractivity contribution in [1.29, 1.82) is 0 Å². The second-order valence-electron chi connectivity index (χ2n) is 5.39. The summed E-state index contributed by atoms with van der Waals surface area (Å²) in [6.45, 7) is 2.19. The minimum atomic E-state index is -4.12. The normalized spacial score (nSPS) is 14.8.